The summed E-state index contributed by atoms with van der Waals surface area (Å²) in [5, 5.41) is 0. The summed E-state index contributed by atoms with van der Waals surface area (Å²) in [4.78, 5) is 0. The molecule has 0 radical (unpaired) electrons. The highest BCUT2D eigenvalue weighted by atomic mass is 13.7. The molecule has 0 atom stereocenters. The van der Waals surface area contributed by atoms with Gasteiger partial charge in [0.05, 0.1) is 0 Å². The van der Waals surface area contributed by atoms with Gasteiger partial charge in [-0.1, -0.05) is 109 Å². The Hall–Kier alpha value is 0. The van der Waals surface area contributed by atoms with E-state index < -0.39 is 0 Å². The first-order chi connectivity index (χ1) is 8.06. The van der Waals surface area contributed by atoms with E-state index in [4.69, 9.17) is 0 Å². The molecule has 0 saturated heterocycles. The van der Waals surface area contributed by atoms with Crippen LogP contribution in [0.4, 0.5) is 0 Å². The topological polar surface area (TPSA) is 0 Å². The lowest BCUT2D eigenvalue weighted by Gasteiger charge is -1.79. The van der Waals surface area contributed by atoms with E-state index >= 15 is 0 Å². The third-order valence-corrected chi connectivity index (χ3v) is 0.500. The first kappa shape index (κ1) is 36.0. The van der Waals surface area contributed by atoms with Crippen LogP contribution < -0.4 is 0 Å². The monoisotopic (exact) mass is 250 g/mol. The Morgan fingerprint density at radius 1 is 0.529 bits per heavy atom. The van der Waals surface area contributed by atoms with Gasteiger partial charge >= 0.3 is 0 Å². The van der Waals surface area contributed by atoms with Crippen LogP contribution in [0.15, 0.2) is 0 Å². The highest BCUT2D eigenvalue weighted by Gasteiger charge is 1.68. The fraction of sp³-hybridized carbons (Fsp3) is 1.00. The molecule has 0 nitrogen and oxygen atoms in total. The van der Waals surface area contributed by atoms with E-state index in [-0.39, 0.29) is 0 Å². The Balaban J connectivity index is -0.0000000221. The predicted molar refractivity (Wildman–Crippen MR) is 91.1 cm³/mol. The lowest BCUT2D eigenvalue weighted by atomic mass is 10.3. The van der Waals surface area contributed by atoms with E-state index in [1.165, 1.54) is 19.3 Å². The molecule has 0 spiro atoms. The zero-order valence-electron chi connectivity index (χ0n) is 15.7. The third kappa shape index (κ3) is 3140. The molecule has 0 unspecified atom stereocenters. The van der Waals surface area contributed by atoms with Crippen LogP contribution in [-0.4, -0.2) is 0 Å². The summed E-state index contributed by atoms with van der Waals surface area (Å²) in [7, 11) is 0. The first-order valence-electron chi connectivity index (χ1n) is 8.06. The summed E-state index contributed by atoms with van der Waals surface area (Å²) >= 11 is 0. The molecule has 0 fully saturated rings. The highest BCUT2D eigenvalue weighted by Crippen LogP contribution is 1.81. The van der Waals surface area contributed by atoms with E-state index in [1.54, 1.807) is 0 Å². The van der Waals surface area contributed by atoms with Gasteiger partial charge in [0.1, 0.15) is 0 Å². The van der Waals surface area contributed by atoms with Crippen molar-refractivity contribution in [1.82, 2.24) is 0 Å². The second-order valence-electron chi connectivity index (χ2n) is 3.44. The van der Waals surface area contributed by atoms with Gasteiger partial charge in [0, 0.05) is 0 Å². The molecular weight excluding hydrogens is 204 g/mol. The fourth-order valence-electron chi connectivity index (χ4n) is 0. The van der Waals surface area contributed by atoms with Gasteiger partial charge in [-0.15, -0.1) is 0 Å². The number of hydrogen-bond acceptors (Lipinski definition) is 0. The Labute approximate surface area is 116 Å². The van der Waals surface area contributed by atoms with Crippen molar-refractivity contribution in [1.29, 1.82) is 0 Å². The van der Waals surface area contributed by atoms with E-state index in [0.29, 0.717) is 0 Å². The molecule has 0 amide bonds. The minimum absolute atomic E-state index is 0.833. The van der Waals surface area contributed by atoms with Gasteiger partial charge in [0.25, 0.3) is 0 Å². The molecule has 0 heterocycles. The molecule has 0 aliphatic heterocycles. The minimum Gasteiger partial charge on any atom is -0.0683 e. The lowest BCUT2D eigenvalue weighted by Crippen LogP contribution is -1.66. The molecule has 0 saturated carbocycles. The highest BCUT2D eigenvalue weighted by molar-refractivity contribution is 4.20. The van der Waals surface area contributed by atoms with Gasteiger partial charge in [0.15, 0.2) is 0 Å². The quantitative estimate of drug-likeness (QED) is 0.442. The van der Waals surface area contributed by atoms with Crippen LogP contribution in [0, 0.1) is 5.92 Å². The molecule has 0 bridgehead atoms. The van der Waals surface area contributed by atoms with Crippen molar-refractivity contribution in [3.63, 3.8) is 0 Å². The van der Waals surface area contributed by atoms with Gasteiger partial charge in [-0.05, 0) is 5.92 Å². The molecule has 0 aromatic carbocycles. The summed E-state index contributed by atoms with van der Waals surface area (Å²) in [5.74, 6) is 0.833. The summed E-state index contributed by atoms with van der Waals surface area (Å²) < 4.78 is 0. The molecule has 17 heavy (non-hydrogen) atoms. The van der Waals surface area contributed by atoms with Crippen LogP contribution >= 0.6 is 0 Å². The maximum absolute atomic E-state index is 2.18. The average Bonchev–Trinajstić information content (AvgIpc) is 2.36. The van der Waals surface area contributed by atoms with Crippen molar-refractivity contribution >= 4 is 0 Å². The second-order valence-corrected chi connectivity index (χ2v) is 3.44. The molecule has 0 aliphatic rings. The maximum Gasteiger partial charge on any atom is -0.0500 e. The van der Waals surface area contributed by atoms with Crippen LogP contribution in [0.2, 0.25) is 0 Å². The first-order valence-corrected chi connectivity index (χ1v) is 8.06. The Kier molecular flexibility index (Phi) is 212. The van der Waals surface area contributed by atoms with Crippen molar-refractivity contribution in [3.05, 3.63) is 0 Å². The summed E-state index contributed by atoms with van der Waals surface area (Å²) in [5.41, 5.74) is 0. The van der Waals surface area contributed by atoms with Crippen molar-refractivity contribution in [2.24, 2.45) is 5.92 Å². The Bertz CT molecular complexity index is 24.3. The van der Waals surface area contributed by atoms with Gasteiger partial charge in [-0.2, -0.15) is 0 Å². The lowest BCUT2D eigenvalue weighted by molar-refractivity contribution is 0.737. The second kappa shape index (κ2) is 100. The van der Waals surface area contributed by atoms with Crippen LogP contribution in [0.3, 0.4) is 0 Å². The van der Waals surface area contributed by atoms with Crippen molar-refractivity contribution in [3.8, 4) is 0 Å². The maximum atomic E-state index is 2.18. The standard InChI is InChI=1S/2C4H10.C3H8.3C2H6/c1-4(2)3;1-3-4-2;1-3-2;3*1-2/h4H,1-3H3;3-4H2,1-2H3;3H2,1-2H3;3*1-2H3. The average molecular weight is 251 g/mol. The van der Waals surface area contributed by atoms with Crippen LogP contribution in [-0.2, 0) is 0 Å². The van der Waals surface area contributed by atoms with Crippen molar-refractivity contribution < 1.29 is 0 Å². The number of unbranched alkanes of at least 4 members (excludes halogenated alkanes) is 1. The zero-order valence-corrected chi connectivity index (χ0v) is 15.7. The largest absolute Gasteiger partial charge is 0.0683 e. The molecule has 0 aromatic rings. The number of rotatable bonds is 1. The Morgan fingerprint density at radius 3 is 0.588 bits per heavy atom. The van der Waals surface area contributed by atoms with Crippen LogP contribution in [0.25, 0.3) is 0 Å². The van der Waals surface area contributed by atoms with E-state index in [9.17, 15) is 0 Å². The minimum atomic E-state index is 0.833. The van der Waals surface area contributed by atoms with Gasteiger partial charge in [-0.3, -0.25) is 0 Å². The fourth-order valence-corrected chi connectivity index (χ4v) is 0. The van der Waals surface area contributed by atoms with Gasteiger partial charge in [0.2, 0.25) is 0 Å². The molecular formula is C17H46. The molecule has 0 rings (SSSR count). The molecule has 0 heteroatoms. The summed E-state index contributed by atoms with van der Waals surface area (Å²) in [6.45, 7) is 27.1. The van der Waals surface area contributed by atoms with Gasteiger partial charge < -0.3 is 0 Å². The van der Waals surface area contributed by atoms with E-state index in [1.807, 2.05) is 41.5 Å². The van der Waals surface area contributed by atoms with Crippen molar-refractivity contribution in [2.75, 3.05) is 0 Å². The summed E-state index contributed by atoms with van der Waals surface area (Å²) in [6.07, 6.45) is 3.89. The van der Waals surface area contributed by atoms with Crippen LogP contribution in [0.1, 0.15) is 109 Å². The molecule has 114 valence electrons. The SMILES string of the molecule is CC.CC.CC.CC(C)C.CCC.CCCC. The molecule has 0 aliphatic carbocycles. The van der Waals surface area contributed by atoms with Crippen molar-refractivity contribution in [2.45, 2.75) is 109 Å². The normalized spacial score (nSPS) is 6.00. The number of hydrogen-bond donors (Lipinski definition) is 0. The molecule has 0 N–H and O–H groups in total. The van der Waals surface area contributed by atoms with E-state index in [2.05, 4.69) is 48.5 Å². The third-order valence-electron chi connectivity index (χ3n) is 0.500. The Morgan fingerprint density at radius 2 is 0.588 bits per heavy atom. The molecule has 0 aromatic heterocycles. The van der Waals surface area contributed by atoms with Crippen LogP contribution in [0.5, 0.6) is 0 Å². The summed E-state index contributed by atoms with van der Waals surface area (Å²) in [6, 6.07) is 0. The zero-order chi connectivity index (χ0) is 15.7. The smallest absolute Gasteiger partial charge is 0.0500 e. The van der Waals surface area contributed by atoms with E-state index in [0.717, 1.165) is 5.92 Å². The van der Waals surface area contributed by atoms with Gasteiger partial charge in [-0.25, -0.2) is 0 Å². The predicted octanol–water partition coefficient (Wildman–Crippen LogP) is 7.96.